The molecule has 1 amide bonds. The van der Waals surface area contributed by atoms with Gasteiger partial charge in [-0.2, -0.15) is 0 Å². The van der Waals surface area contributed by atoms with Crippen molar-refractivity contribution in [3.05, 3.63) is 36.1 Å². The Morgan fingerprint density at radius 3 is 2.89 bits per heavy atom. The van der Waals surface area contributed by atoms with Gasteiger partial charge in [-0.3, -0.25) is 4.79 Å². The van der Waals surface area contributed by atoms with Crippen LogP contribution in [0.1, 0.15) is 36.0 Å². The lowest BCUT2D eigenvalue weighted by Crippen LogP contribution is -2.42. The van der Waals surface area contributed by atoms with Gasteiger partial charge in [0.25, 0.3) is 5.91 Å². The van der Waals surface area contributed by atoms with Crippen LogP contribution in [0.4, 0.5) is 0 Å². The summed E-state index contributed by atoms with van der Waals surface area (Å²) in [7, 11) is 0. The molecule has 1 heterocycles. The summed E-state index contributed by atoms with van der Waals surface area (Å²) in [6.07, 6.45) is 6.12. The number of alkyl halides is 1. The van der Waals surface area contributed by atoms with Crippen molar-refractivity contribution < 1.29 is 9.21 Å². The molecule has 2 aromatic rings. The molecule has 3 rings (SSSR count). The Morgan fingerprint density at radius 1 is 1.26 bits per heavy atom. The quantitative estimate of drug-likeness (QED) is 0.853. The first-order valence-corrected chi connectivity index (χ1v) is 7.58. The van der Waals surface area contributed by atoms with Crippen LogP contribution >= 0.6 is 15.9 Å². The highest BCUT2D eigenvalue weighted by Gasteiger charge is 2.25. The molecule has 19 heavy (non-hydrogen) atoms. The maximum absolute atomic E-state index is 12.3. The summed E-state index contributed by atoms with van der Waals surface area (Å²) < 4.78 is 5.41. The number of furan rings is 1. The van der Waals surface area contributed by atoms with E-state index in [4.69, 9.17) is 4.42 Å². The van der Waals surface area contributed by atoms with Crippen molar-refractivity contribution in [2.75, 3.05) is 0 Å². The minimum atomic E-state index is -0.0405. The van der Waals surface area contributed by atoms with E-state index >= 15 is 0 Å². The number of hydrogen-bond acceptors (Lipinski definition) is 2. The van der Waals surface area contributed by atoms with E-state index in [2.05, 4.69) is 21.2 Å². The molecule has 1 fully saturated rings. The van der Waals surface area contributed by atoms with E-state index in [1.165, 1.54) is 12.8 Å². The fourth-order valence-electron chi connectivity index (χ4n) is 2.65. The molecule has 1 N–H and O–H groups in total. The standard InChI is InChI=1S/C15H16BrNO2/c16-12-6-2-3-7-13(12)17-15(18)11-9-19-14-8-4-1-5-10(11)14/h1,4-5,8-9,12-13H,2-3,6-7H2,(H,17,18). The van der Waals surface area contributed by atoms with Gasteiger partial charge in [0.05, 0.1) is 5.56 Å². The normalized spacial score (nSPS) is 23.4. The van der Waals surface area contributed by atoms with Gasteiger partial charge in [-0.25, -0.2) is 0 Å². The number of hydrogen-bond donors (Lipinski definition) is 1. The van der Waals surface area contributed by atoms with Gasteiger partial charge in [0.2, 0.25) is 0 Å². The van der Waals surface area contributed by atoms with Crippen LogP contribution in [0.25, 0.3) is 11.0 Å². The van der Waals surface area contributed by atoms with E-state index in [0.29, 0.717) is 10.4 Å². The first-order valence-electron chi connectivity index (χ1n) is 6.67. The Bertz CT molecular complexity index is 593. The van der Waals surface area contributed by atoms with Crippen molar-refractivity contribution in [3.63, 3.8) is 0 Å². The van der Waals surface area contributed by atoms with Crippen molar-refractivity contribution in [1.82, 2.24) is 5.32 Å². The van der Waals surface area contributed by atoms with Crippen molar-refractivity contribution in [2.45, 2.75) is 36.6 Å². The lowest BCUT2D eigenvalue weighted by Gasteiger charge is -2.28. The van der Waals surface area contributed by atoms with Crippen LogP contribution in [0.15, 0.2) is 34.9 Å². The van der Waals surface area contributed by atoms with Crippen LogP contribution in [0.3, 0.4) is 0 Å². The fourth-order valence-corrected chi connectivity index (χ4v) is 3.37. The molecular weight excluding hydrogens is 306 g/mol. The lowest BCUT2D eigenvalue weighted by atomic mass is 9.95. The zero-order valence-electron chi connectivity index (χ0n) is 10.6. The molecule has 1 saturated carbocycles. The molecule has 1 aromatic heterocycles. The van der Waals surface area contributed by atoms with Crippen molar-refractivity contribution in [2.24, 2.45) is 0 Å². The van der Waals surface area contributed by atoms with Crippen LogP contribution in [0.2, 0.25) is 0 Å². The molecule has 2 unspecified atom stereocenters. The van der Waals surface area contributed by atoms with Gasteiger partial charge in [0, 0.05) is 16.3 Å². The third kappa shape index (κ3) is 2.54. The first-order chi connectivity index (χ1) is 9.25. The number of fused-ring (bicyclic) bond motifs is 1. The van der Waals surface area contributed by atoms with Gasteiger partial charge >= 0.3 is 0 Å². The van der Waals surface area contributed by atoms with Crippen LogP contribution in [-0.2, 0) is 0 Å². The second-order valence-corrected chi connectivity index (χ2v) is 6.20. The van der Waals surface area contributed by atoms with E-state index in [0.717, 1.165) is 23.8 Å². The Balaban J connectivity index is 1.80. The molecule has 2 atom stereocenters. The number of rotatable bonds is 2. The molecule has 4 heteroatoms. The maximum Gasteiger partial charge on any atom is 0.255 e. The number of carbonyl (C=O) groups excluding carboxylic acids is 1. The number of nitrogens with one attached hydrogen (secondary N) is 1. The van der Waals surface area contributed by atoms with Crippen LogP contribution in [-0.4, -0.2) is 16.8 Å². The molecule has 3 nitrogen and oxygen atoms in total. The fraction of sp³-hybridized carbons (Fsp3) is 0.400. The number of para-hydroxylation sites is 1. The Kier molecular flexibility index (Phi) is 3.60. The minimum Gasteiger partial charge on any atom is -0.463 e. The summed E-state index contributed by atoms with van der Waals surface area (Å²) >= 11 is 3.66. The summed E-state index contributed by atoms with van der Waals surface area (Å²) in [6, 6.07) is 7.83. The summed E-state index contributed by atoms with van der Waals surface area (Å²) in [4.78, 5) is 12.7. The van der Waals surface area contributed by atoms with E-state index < -0.39 is 0 Å². The molecule has 100 valence electrons. The van der Waals surface area contributed by atoms with Crippen LogP contribution in [0.5, 0.6) is 0 Å². The second kappa shape index (κ2) is 5.37. The molecule has 1 aliphatic carbocycles. The average molecular weight is 322 g/mol. The summed E-state index contributed by atoms with van der Waals surface area (Å²) in [5.74, 6) is -0.0405. The van der Waals surface area contributed by atoms with Crippen LogP contribution < -0.4 is 5.32 Å². The van der Waals surface area contributed by atoms with Gasteiger partial charge in [-0.1, -0.05) is 47.0 Å². The maximum atomic E-state index is 12.3. The van der Waals surface area contributed by atoms with Crippen LogP contribution in [0, 0.1) is 0 Å². The predicted octanol–water partition coefficient (Wildman–Crippen LogP) is 3.87. The van der Waals surface area contributed by atoms with Crippen molar-refractivity contribution in [3.8, 4) is 0 Å². The van der Waals surface area contributed by atoms with Crippen molar-refractivity contribution in [1.29, 1.82) is 0 Å². The Morgan fingerprint density at radius 2 is 2.05 bits per heavy atom. The minimum absolute atomic E-state index is 0.0405. The smallest absolute Gasteiger partial charge is 0.255 e. The molecule has 1 aliphatic rings. The molecule has 0 radical (unpaired) electrons. The molecule has 0 bridgehead atoms. The molecule has 0 aliphatic heterocycles. The van der Waals surface area contributed by atoms with Crippen molar-refractivity contribution >= 4 is 32.8 Å². The number of halogens is 1. The van der Waals surface area contributed by atoms with E-state index in [1.807, 2.05) is 24.3 Å². The average Bonchev–Trinajstić information content (AvgIpc) is 2.85. The van der Waals surface area contributed by atoms with Gasteiger partial charge in [-0.05, 0) is 18.9 Å². The summed E-state index contributed by atoms with van der Waals surface area (Å²) in [5.41, 5.74) is 1.38. The molecule has 1 aromatic carbocycles. The van der Waals surface area contributed by atoms with Gasteiger partial charge in [0.1, 0.15) is 11.8 Å². The van der Waals surface area contributed by atoms with E-state index in [-0.39, 0.29) is 11.9 Å². The highest BCUT2D eigenvalue weighted by molar-refractivity contribution is 9.09. The lowest BCUT2D eigenvalue weighted by molar-refractivity contribution is 0.0930. The number of carbonyl (C=O) groups is 1. The summed E-state index contributed by atoms with van der Waals surface area (Å²) in [5, 5.41) is 3.99. The highest BCUT2D eigenvalue weighted by atomic mass is 79.9. The highest BCUT2D eigenvalue weighted by Crippen LogP contribution is 2.26. The van der Waals surface area contributed by atoms with E-state index in [9.17, 15) is 4.79 Å². The third-order valence-corrected chi connectivity index (χ3v) is 4.82. The first kappa shape index (κ1) is 12.7. The SMILES string of the molecule is O=C(NC1CCCCC1Br)c1coc2ccccc12. The zero-order valence-corrected chi connectivity index (χ0v) is 12.2. The van der Waals surface area contributed by atoms with Gasteiger partial charge in [-0.15, -0.1) is 0 Å². The molecule has 0 spiro atoms. The number of amides is 1. The van der Waals surface area contributed by atoms with Gasteiger partial charge in [0.15, 0.2) is 0 Å². The third-order valence-electron chi connectivity index (χ3n) is 3.72. The molecule has 0 saturated heterocycles. The topological polar surface area (TPSA) is 42.2 Å². The zero-order chi connectivity index (χ0) is 13.2. The predicted molar refractivity (Wildman–Crippen MR) is 78.7 cm³/mol. The Labute approximate surface area is 120 Å². The Hall–Kier alpha value is -1.29. The monoisotopic (exact) mass is 321 g/mol. The summed E-state index contributed by atoms with van der Waals surface area (Å²) in [6.45, 7) is 0. The number of benzene rings is 1. The second-order valence-electron chi connectivity index (χ2n) is 5.03. The molecular formula is C15H16BrNO2. The van der Waals surface area contributed by atoms with E-state index in [1.54, 1.807) is 6.26 Å². The van der Waals surface area contributed by atoms with Gasteiger partial charge < -0.3 is 9.73 Å². The largest absolute Gasteiger partial charge is 0.463 e.